The minimum absolute atomic E-state index is 0.110. The Labute approximate surface area is 205 Å². The molecule has 1 fully saturated rings. The van der Waals surface area contributed by atoms with E-state index in [1.54, 1.807) is 37.3 Å². The van der Waals surface area contributed by atoms with Gasteiger partial charge in [-0.05, 0) is 32.9 Å². The molecular weight excluding hydrogens is 505 g/mol. The number of hydrogen-bond donors (Lipinski definition) is 3. The molecule has 0 aliphatic carbocycles. The summed E-state index contributed by atoms with van der Waals surface area (Å²) < 4.78 is 36.5. The molecule has 0 radical (unpaired) electrons. The van der Waals surface area contributed by atoms with Crippen LogP contribution in [-0.4, -0.2) is 57.0 Å². The Hall–Kier alpha value is -2.47. The smallest absolute Gasteiger partial charge is 0.459 e. The maximum atomic E-state index is 13.7. The number of para-hydroxylation sites is 1. The molecule has 1 aromatic heterocycles. The van der Waals surface area contributed by atoms with E-state index in [2.05, 4.69) is 10.1 Å². The lowest BCUT2D eigenvalue weighted by atomic mass is 10.1. The van der Waals surface area contributed by atoms with E-state index in [4.69, 9.17) is 30.1 Å². The van der Waals surface area contributed by atoms with E-state index in [0.717, 1.165) is 10.6 Å². The van der Waals surface area contributed by atoms with E-state index in [1.807, 2.05) is 0 Å². The lowest BCUT2D eigenvalue weighted by Crippen LogP contribution is -2.47. The second kappa shape index (κ2) is 11.1. The molecule has 3 rings (SSSR count). The molecule has 0 amide bonds. The number of rotatable bonds is 10. The SMILES string of the molecule is CCOC(=O)C(C)(C)NP(=O)(OC[C@H]1O[C@@H](n2ccc(=O)[nH]c2=O)[C@@H](Cl)[C@@H]1O)Oc1ccccc1. The molecule has 2 aromatic rings. The van der Waals surface area contributed by atoms with E-state index in [9.17, 15) is 24.1 Å². The number of nitrogens with one attached hydrogen (secondary N) is 2. The van der Waals surface area contributed by atoms with Crippen molar-refractivity contribution in [2.75, 3.05) is 13.2 Å². The number of carbonyl (C=O) groups is 1. The van der Waals surface area contributed by atoms with E-state index in [-0.39, 0.29) is 12.4 Å². The highest BCUT2D eigenvalue weighted by atomic mass is 35.5. The van der Waals surface area contributed by atoms with Gasteiger partial charge in [-0.15, -0.1) is 11.6 Å². The third-order valence-corrected chi connectivity index (χ3v) is 7.25. The number of H-pyrrole nitrogens is 1. The molecular formula is C21H27ClN3O9P. The molecule has 35 heavy (non-hydrogen) atoms. The number of aliphatic hydroxyl groups is 1. The first kappa shape index (κ1) is 27.1. The van der Waals surface area contributed by atoms with Crippen LogP contribution in [0.15, 0.2) is 52.2 Å². The highest BCUT2D eigenvalue weighted by molar-refractivity contribution is 7.52. The van der Waals surface area contributed by atoms with Crippen LogP contribution in [0.25, 0.3) is 0 Å². The Balaban J connectivity index is 1.79. The molecule has 14 heteroatoms. The van der Waals surface area contributed by atoms with Crippen molar-refractivity contribution < 1.29 is 33.0 Å². The summed E-state index contributed by atoms with van der Waals surface area (Å²) in [6.07, 6.45) is -2.41. The van der Waals surface area contributed by atoms with Crippen molar-refractivity contribution in [1.29, 1.82) is 0 Å². The summed E-state index contributed by atoms with van der Waals surface area (Å²) in [7, 11) is -4.25. The summed E-state index contributed by atoms with van der Waals surface area (Å²) in [5, 5.41) is 12.1. The lowest BCUT2D eigenvalue weighted by molar-refractivity contribution is -0.149. The van der Waals surface area contributed by atoms with Gasteiger partial charge in [-0.2, -0.15) is 5.09 Å². The molecule has 1 saturated heterocycles. The van der Waals surface area contributed by atoms with Crippen LogP contribution in [0.4, 0.5) is 0 Å². The quantitative estimate of drug-likeness (QED) is 0.233. The predicted octanol–water partition coefficient (Wildman–Crippen LogP) is 1.54. The summed E-state index contributed by atoms with van der Waals surface area (Å²) in [5.74, 6) is -0.486. The highest BCUT2D eigenvalue weighted by Gasteiger charge is 2.46. The average Bonchev–Trinajstić information content (AvgIpc) is 3.07. The fourth-order valence-electron chi connectivity index (χ4n) is 3.27. The summed E-state index contributed by atoms with van der Waals surface area (Å²) in [5.41, 5.74) is -2.85. The van der Waals surface area contributed by atoms with Crippen LogP contribution in [0.1, 0.15) is 27.0 Å². The van der Waals surface area contributed by atoms with Gasteiger partial charge in [0.1, 0.15) is 28.9 Å². The number of alkyl halides is 1. The van der Waals surface area contributed by atoms with Crippen molar-refractivity contribution in [3.8, 4) is 5.75 Å². The van der Waals surface area contributed by atoms with Gasteiger partial charge in [-0.1, -0.05) is 18.2 Å². The Morgan fingerprint density at radius 2 is 1.97 bits per heavy atom. The van der Waals surface area contributed by atoms with E-state index in [0.29, 0.717) is 0 Å². The molecule has 1 aliphatic heterocycles. The van der Waals surface area contributed by atoms with E-state index in [1.165, 1.54) is 20.0 Å². The monoisotopic (exact) mass is 531 g/mol. The minimum atomic E-state index is -4.25. The van der Waals surface area contributed by atoms with Gasteiger partial charge in [0.15, 0.2) is 6.23 Å². The number of esters is 1. The standard InChI is InChI=1S/C21H27ClN3O9P/c1-4-31-19(28)21(2,3)24-35(30,34-13-8-6-5-7-9-13)32-12-14-17(27)16(22)18(33-14)25-11-10-15(26)23-20(25)29/h5-11,14,16-18,27H,4,12H2,1-3H3,(H,24,30)(H,23,26,29)/t14-,16+,17-,18-,35?/m1/s1. The van der Waals surface area contributed by atoms with Crippen LogP contribution >= 0.6 is 19.3 Å². The maximum absolute atomic E-state index is 13.7. The van der Waals surface area contributed by atoms with Gasteiger partial charge < -0.3 is 19.1 Å². The summed E-state index contributed by atoms with van der Waals surface area (Å²) >= 11 is 6.27. The zero-order valence-electron chi connectivity index (χ0n) is 19.3. The van der Waals surface area contributed by atoms with Crippen molar-refractivity contribution in [3.05, 3.63) is 63.4 Å². The van der Waals surface area contributed by atoms with Crippen molar-refractivity contribution >= 4 is 25.3 Å². The van der Waals surface area contributed by atoms with Gasteiger partial charge in [0.25, 0.3) is 5.56 Å². The van der Waals surface area contributed by atoms with Crippen molar-refractivity contribution in [1.82, 2.24) is 14.6 Å². The van der Waals surface area contributed by atoms with Crippen LogP contribution in [0.3, 0.4) is 0 Å². The van der Waals surface area contributed by atoms with Gasteiger partial charge in [0, 0.05) is 12.3 Å². The van der Waals surface area contributed by atoms with Gasteiger partial charge in [0.2, 0.25) is 0 Å². The first-order valence-corrected chi connectivity index (χ1v) is 12.7. The molecule has 5 atom stereocenters. The number of benzene rings is 1. The Kier molecular flexibility index (Phi) is 8.58. The second-order valence-corrected chi connectivity index (χ2v) is 10.3. The summed E-state index contributed by atoms with van der Waals surface area (Å²) in [6.45, 7) is 4.16. The average molecular weight is 532 g/mol. The fourth-order valence-corrected chi connectivity index (χ4v) is 5.29. The molecule has 2 heterocycles. The Bertz CT molecular complexity index is 1190. The van der Waals surface area contributed by atoms with Crippen molar-refractivity contribution in [3.63, 3.8) is 0 Å². The fraction of sp³-hybridized carbons (Fsp3) is 0.476. The van der Waals surface area contributed by atoms with Gasteiger partial charge >= 0.3 is 19.4 Å². The molecule has 3 N–H and O–H groups in total. The lowest BCUT2D eigenvalue weighted by Gasteiger charge is -2.29. The molecule has 1 aromatic carbocycles. The van der Waals surface area contributed by atoms with Crippen LogP contribution in [0.2, 0.25) is 0 Å². The van der Waals surface area contributed by atoms with Crippen LogP contribution < -0.4 is 20.9 Å². The number of nitrogens with zero attached hydrogens (tertiary/aromatic N) is 1. The Morgan fingerprint density at radius 1 is 1.29 bits per heavy atom. The Morgan fingerprint density at radius 3 is 2.60 bits per heavy atom. The number of hydrogen-bond acceptors (Lipinski definition) is 9. The van der Waals surface area contributed by atoms with Crippen LogP contribution in [0.5, 0.6) is 5.75 Å². The third kappa shape index (κ3) is 6.60. The zero-order valence-corrected chi connectivity index (χ0v) is 20.9. The third-order valence-electron chi connectivity index (χ3n) is 5.00. The van der Waals surface area contributed by atoms with Crippen molar-refractivity contribution in [2.45, 2.75) is 50.1 Å². The molecule has 0 bridgehead atoms. The molecule has 0 spiro atoms. The summed E-state index contributed by atoms with van der Waals surface area (Å²) in [6, 6.07) is 9.24. The number of aliphatic hydroxyl groups excluding tert-OH is 1. The first-order valence-electron chi connectivity index (χ1n) is 10.7. The van der Waals surface area contributed by atoms with Gasteiger partial charge in [-0.25, -0.2) is 9.36 Å². The van der Waals surface area contributed by atoms with E-state index < -0.39 is 60.9 Å². The molecule has 0 saturated carbocycles. The van der Waals surface area contributed by atoms with Gasteiger partial charge in [0.05, 0.1) is 13.2 Å². The first-order chi connectivity index (χ1) is 16.5. The van der Waals surface area contributed by atoms with Crippen LogP contribution in [0, 0.1) is 0 Å². The number of ether oxygens (including phenoxy) is 2. The second-order valence-electron chi connectivity index (χ2n) is 8.17. The largest absolute Gasteiger partial charge is 0.465 e. The number of aromatic nitrogens is 2. The van der Waals surface area contributed by atoms with Crippen molar-refractivity contribution in [2.24, 2.45) is 0 Å². The normalized spacial score (nSPS) is 24.0. The minimum Gasteiger partial charge on any atom is -0.465 e. The number of aromatic amines is 1. The zero-order chi connectivity index (χ0) is 25.8. The molecule has 192 valence electrons. The van der Waals surface area contributed by atoms with E-state index >= 15 is 0 Å². The maximum Gasteiger partial charge on any atom is 0.459 e. The van der Waals surface area contributed by atoms with Gasteiger partial charge in [-0.3, -0.25) is 23.7 Å². The number of halogens is 1. The molecule has 12 nitrogen and oxygen atoms in total. The highest BCUT2D eigenvalue weighted by Crippen LogP contribution is 2.47. The van der Waals surface area contributed by atoms with Crippen LogP contribution in [-0.2, 0) is 23.4 Å². The molecule has 1 unspecified atom stereocenters. The summed E-state index contributed by atoms with van der Waals surface area (Å²) in [4.78, 5) is 37.9. The topological polar surface area (TPSA) is 158 Å². The molecule has 1 aliphatic rings. The predicted molar refractivity (Wildman–Crippen MR) is 125 cm³/mol. The number of carbonyl (C=O) groups excluding carboxylic acids is 1.